The van der Waals surface area contributed by atoms with Crippen molar-refractivity contribution in [2.45, 2.75) is 0 Å². The van der Waals surface area contributed by atoms with Crippen LogP contribution in [0.4, 0.5) is 8.78 Å². The number of pyridine rings is 1. The second-order valence-electron chi connectivity index (χ2n) is 3.83. The number of rotatable bonds is 4. The fourth-order valence-electron chi connectivity index (χ4n) is 1.51. The van der Waals surface area contributed by atoms with Gasteiger partial charge in [0.1, 0.15) is 16.6 Å². The Morgan fingerprint density at radius 2 is 1.95 bits per heavy atom. The summed E-state index contributed by atoms with van der Waals surface area (Å²) in [4.78, 5) is 14.5. The minimum absolute atomic E-state index is 0. The van der Waals surface area contributed by atoms with E-state index in [-0.39, 0.29) is 35.5 Å². The third kappa shape index (κ3) is 3.89. The van der Waals surface area contributed by atoms with E-state index in [0.29, 0.717) is 12.1 Å². The fraction of sp³-hybridized carbons (Fsp3) is 0.0769. The van der Waals surface area contributed by atoms with Gasteiger partial charge in [0, 0.05) is 12.1 Å². The number of ether oxygens (including phenoxy) is 2. The van der Waals surface area contributed by atoms with Crippen molar-refractivity contribution in [1.82, 2.24) is 4.98 Å². The molecular formula is C13H9ClF2LiNO4. The van der Waals surface area contributed by atoms with Gasteiger partial charge in [-0.1, -0.05) is 11.6 Å². The molecule has 0 atom stereocenters. The number of aromatic nitrogens is 1. The number of benzene rings is 1. The van der Waals surface area contributed by atoms with Gasteiger partial charge in [-0.25, -0.2) is 18.6 Å². The van der Waals surface area contributed by atoms with Crippen molar-refractivity contribution in [3.63, 3.8) is 0 Å². The Morgan fingerprint density at radius 1 is 1.27 bits per heavy atom. The van der Waals surface area contributed by atoms with E-state index >= 15 is 0 Å². The molecular weight excluding hydrogens is 315 g/mol. The average molecular weight is 324 g/mol. The molecule has 0 spiro atoms. The number of halogens is 3. The minimum atomic E-state index is -1.58. The number of aromatic carboxylic acids is 1. The number of nitrogens with zero attached hydrogens (tertiary/aromatic N) is 1. The van der Waals surface area contributed by atoms with Gasteiger partial charge >= 0.3 is 24.8 Å². The van der Waals surface area contributed by atoms with Crippen molar-refractivity contribution in [2.24, 2.45) is 0 Å². The van der Waals surface area contributed by atoms with Crippen molar-refractivity contribution in [1.29, 1.82) is 0 Å². The van der Waals surface area contributed by atoms with Crippen molar-refractivity contribution in [3.8, 4) is 17.4 Å². The standard InChI is InChI=1S/C13H8ClF2NO4.Li.H/c1-20-12-8(14)2-6(5-17-12)21-11-4-9(15)7(13(18)19)3-10(11)16;;/h2-5H,1H3,(H,18,19);;. The van der Waals surface area contributed by atoms with Crippen LogP contribution in [0, 0.1) is 11.6 Å². The van der Waals surface area contributed by atoms with Crippen LogP contribution in [0.25, 0.3) is 0 Å². The molecule has 0 radical (unpaired) electrons. The van der Waals surface area contributed by atoms with Crippen molar-refractivity contribution >= 4 is 36.4 Å². The molecule has 9 heteroatoms. The van der Waals surface area contributed by atoms with E-state index < -0.39 is 28.9 Å². The summed E-state index contributed by atoms with van der Waals surface area (Å²) in [5, 5.41) is 8.80. The van der Waals surface area contributed by atoms with Gasteiger partial charge in [0.15, 0.2) is 11.6 Å². The molecule has 1 aromatic carbocycles. The third-order valence-corrected chi connectivity index (χ3v) is 2.73. The summed E-state index contributed by atoms with van der Waals surface area (Å²) in [6, 6.07) is 2.47. The van der Waals surface area contributed by atoms with E-state index in [4.69, 9.17) is 26.2 Å². The van der Waals surface area contributed by atoms with Gasteiger partial charge in [-0.05, 0) is 6.07 Å². The van der Waals surface area contributed by atoms with Crippen LogP contribution < -0.4 is 9.47 Å². The molecule has 0 unspecified atom stereocenters. The Hall–Kier alpha value is -1.81. The number of carbonyl (C=O) groups is 1. The van der Waals surface area contributed by atoms with Crippen LogP contribution in [0.3, 0.4) is 0 Å². The molecule has 0 fully saturated rings. The number of methoxy groups -OCH3 is 1. The summed E-state index contributed by atoms with van der Waals surface area (Å²) in [5.74, 6) is -4.01. The molecule has 0 saturated carbocycles. The zero-order valence-electron chi connectivity index (χ0n) is 10.6. The fourth-order valence-corrected chi connectivity index (χ4v) is 1.74. The predicted molar refractivity (Wildman–Crippen MR) is 76.3 cm³/mol. The van der Waals surface area contributed by atoms with Gasteiger partial charge in [-0.2, -0.15) is 0 Å². The van der Waals surface area contributed by atoms with Gasteiger partial charge in [-0.3, -0.25) is 0 Å². The van der Waals surface area contributed by atoms with Crippen LogP contribution in [0.15, 0.2) is 24.4 Å². The molecule has 0 aliphatic heterocycles. The van der Waals surface area contributed by atoms with E-state index in [1.165, 1.54) is 19.4 Å². The van der Waals surface area contributed by atoms with Gasteiger partial charge < -0.3 is 14.6 Å². The molecule has 5 nitrogen and oxygen atoms in total. The summed E-state index contributed by atoms with van der Waals surface area (Å²) >= 11 is 5.82. The summed E-state index contributed by atoms with van der Waals surface area (Å²) in [6.07, 6.45) is 1.20. The molecule has 1 N–H and O–H groups in total. The second-order valence-corrected chi connectivity index (χ2v) is 4.24. The molecule has 0 amide bonds. The Labute approximate surface area is 141 Å². The normalized spacial score (nSPS) is 9.82. The van der Waals surface area contributed by atoms with Gasteiger partial charge in [0.2, 0.25) is 5.88 Å². The van der Waals surface area contributed by atoms with Crippen molar-refractivity contribution in [2.75, 3.05) is 7.11 Å². The molecule has 0 bridgehead atoms. The summed E-state index contributed by atoms with van der Waals surface area (Å²) in [5.41, 5.74) is -0.786. The molecule has 2 rings (SSSR count). The van der Waals surface area contributed by atoms with Crippen LogP contribution in [0.2, 0.25) is 5.02 Å². The number of carboxylic acid groups (broad SMARTS) is 1. The topological polar surface area (TPSA) is 68.7 Å². The van der Waals surface area contributed by atoms with E-state index in [9.17, 15) is 13.6 Å². The zero-order chi connectivity index (χ0) is 15.6. The van der Waals surface area contributed by atoms with Gasteiger partial charge in [-0.15, -0.1) is 0 Å². The third-order valence-electron chi connectivity index (χ3n) is 2.46. The average Bonchev–Trinajstić information content (AvgIpc) is 2.42. The first-order valence-electron chi connectivity index (χ1n) is 5.52. The number of carboxylic acids is 1. The van der Waals surface area contributed by atoms with Crippen molar-refractivity contribution in [3.05, 3.63) is 46.6 Å². The Balaban J connectivity index is 0.00000242. The Morgan fingerprint density at radius 3 is 2.50 bits per heavy atom. The molecule has 0 aliphatic carbocycles. The maximum atomic E-state index is 13.7. The summed E-state index contributed by atoms with van der Waals surface area (Å²) in [7, 11) is 1.37. The first kappa shape index (κ1) is 18.2. The van der Waals surface area contributed by atoms with Crippen LogP contribution in [-0.4, -0.2) is 42.0 Å². The van der Waals surface area contributed by atoms with Gasteiger partial charge in [0.05, 0.1) is 18.9 Å². The molecule has 0 saturated heterocycles. The number of hydrogen-bond acceptors (Lipinski definition) is 4. The zero-order valence-corrected chi connectivity index (χ0v) is 11.3. The van der Waals surface area contributed by atoms with E-state index in [1.54, 1.807) is 0 Å². The number of hydrogen-bond donors (Lipinski definition) is 1. The molecule has 2 aromatic rings. The maximum absolute atomic E-state index is 13.7. The quantitative estimate of drug-likeness (QED) is 0.876. The van der Waals surface area contributed by atoms with Crippen LogP contribution in [-0.2, 0) is 0 Å². The van der Waals surface area contributed by atoms with E-state index in [1.807, 2.05) is 0 Å². The monoisotopic (exact) mass is 323 g/mol. The first-order chi connectivity index (χ1) is 9.92. The molecule has 1 heterocycles. The summed E-state index contributed by atoms with van der Waals surface area (Å²) in [6.45, 7) is 0. The van der Waals surface area contributed by atoms with Crippen molar-refractivity contribution < 1.29 is 28.2 Å². The Bertz CT molecular complexity index is 715. The van der Waals surface area contributed by atoms with E-state index in [2.05, 4.69) is 4.98 Å². The molecule has 112 valence electrons. The SMILES string of the molecule is COc1ncc(Oc2cc(F)c(C(=O)O)cc2F)cc1Cl.[LiH]. The van der Waals surface area contributed by atoms with Crippen LogP contribution >= 0.6 is 11.6 Å². The first-order valence-corrected chi connectivity index (χ1v) is 5.90. The molecule has 1 aromatic heterocycles. The summed E-state index contributed by atoms with van der Waals surface area (Å²) < 4.78 is 37.1. The molecule has 22 heavy (non-hydrogen) atoms. The van der Waals surface area contributed by atoms with Gasteiger partial charge in [0.25, 0.3) is 0 Å². The Kier molecular flexibility index (Phi) is 6.18. The second kappa shape index (κ2) is 7.45. The van der Waals surface area contributed by atoms with E-state index in [0.717, 1.165) is 0 Å². The predicted octanol–water partition coefficient (Wildman–Crippen LogP) is 2.86. The molecule has 0 aliphatic rings. The van der Waals surface area contributed by atoms with Crippen LogP contribution in [0.5, 0.6) is 17.4 Å². The van der Waals surface area contributed by atoms with Crippen LogP contribution in [0.1, 0.15) is 10.4 Å².